The first-order valence-corrected chi connectivity index (χ1v) is 7.35. The number of rotatable bonds is 7. The summed E-state index contributed by atoms with van der Waals surface area (Å²) in [5.41, 5.74) is 0.793. The highest BCUT2D eigenvalue weighted by Gasteiger charge is 2.11. The summed E-state index contributed by atoms with van der Waals surface area (Å²) in [5, 5.41) is 11.5. The second-order valence-corrected chi connectivity index (χ2v) is 5.08. The maximum Gasteiger partial charge on any atom is 0.407 e. The molecule has 0 spiro atoms. The van der Waals surface area contributed by atoms with E-state index >= 15 is 0 Å². The smallest absolute Gasteiger partial charge is 0.407 e. The summed E-state index contributed by atoms with van der Waals surface area (Å²) in [7, 11) is 0. The Hall–Kier alpha value is -3.09. The zero-order valence-corrected chi connectivity index (χ0v) is 13.1. The van der Waals surface area contributed by atoms with E-state index in [0.717, 1.165) is 5.56 Å². The van der Waals surface area contributed by atoms with Crippen LogP contribution in [0.1, 0.15) is 23.0 Å². The monoisotopic (exact) mass is 330 g/mol. The summed E-state index contributed by atoms with van der Waals surface area (Å²) in [6, 6.07) is 13.5. The number of nitrogens with zero attached hydrogens (tertiary/aromatic N) is 1. The van der Waals surface area contributed by atoms with Crippen LogP contribution >= 0.6 is 0 Å². The van der Waals surface area contributed by atoms with Crippen molar-refractivity contribution in [3.63, 3.8) is 0 Å². The molecule has 1 heterocycles. The van der Waals surface area contributed by atoms with E-state index in [1.165, 1.54) is 12.1 Å². The molecule has 1 aromatic carbocycles. The van der Waals surface area contributed by atoms with Crippen LogP contribution in [0.25, 0.3) is 0 Å². The highest BCUT2D eigenvalue weighted by Crippen LogP contribution is 2.08. The number of ether oxygens (including phenoxy) is 2. The van der Waals surface area contributed by atoms with E-state index in [0.29, 0.717) is 0 Å². The van der Waals surface area contributed by atoms with Crippen LogP contribution in [0.4, 0.5) is 4.79 Å². The van der Waals surface area contributed by atoms with Crippen molar-refractivity contribution >= 4 is 12.1 Å². The first kappa shape index (κ1) is 17.3. The molecule has 0 fully saturated rings. The van der Waals surface area contributed by atoms with Gasteiger partial charge in [0.15, 0.2) is 5.69 Å². The van der Waals surface area contributed by atoms with Gasteiger partial charge in [0, 0.05) is 6.07 Å². The molecule has 2 N–H and O–H groups in total. The van der Waals surface area contributed by atoms with Gasteiger partial charge in [0.25, 0.3) is 0 Å². The molecule has 0 unspecified atom stereocenters. The molecule has 7 heteroatoms. The number of alkyl carbamates (subject to hydrolysis) is 1. The highest BCUT2D eigenvalue weighted by atomic mass is 16.5. The third kappa shape index (κ3) is 5.60. The third-order valence-corrected chi connectivity index (χ3v) is 3.00. The van der Waals surface area contributed by atoms with Crippen LogP contribution in [-0.2, 0) is 11.3 Å². The van der Waals surface area contributed by atoms with Gasteiger partial charge in [0.1, 0.15) is 13.2 Å². The Kier molecular flexibility index (Phi) is 6.13. The van der Waals surface area contributed by atoms with Crippen molar-refractivity contribution in [2.24, 2.45) is 0 Å². The number of carboxylic acid groups (broad SMARTS) is 1. The Morgan fingerprint density at radius 3 is 2.62 bits per heavy atom. The lowest BCUT2D eigenvalue weighted by Gasteiger charge is -2.14. The number of pyridine rings is 1. The molecule has 0 saturated heterocycles. The standard InChI is InChI=1S/C17H18N2O5/c1-12(10-23-15-9-5-8-14(19-15)16(20)21)18-17(22)24-11-13-6-3-2-4-7-13/h2-9,12H,10-11H2,1H3,(H,18,22)(H,20,21)/t12-/m1/s1. The highest BCUT2D eigenvalue weighted by molar-refractivity contribution is 5.85. The summed E-state index contributed by atoms with van der Waals surface area (Å²) in [4.78, 5) is 26.4. The van der Waals surface area contributed by atoms with Gasteiger partial charge in [-0.1, -0.05) is 36.4 Å². The number of carbonyl (C=O) groups excluding carboxylic acids is 1. The third-order valence-electron chi connectivity index (χ3n) is 3.00. The Bertz CT molecular complexity index is 690. The van der Waals surface area contributed by atoms with E-state index < -0.39 is 12.1 Å². The number of hydrogen-bond acceptors (Lipinski definition) is 5. The number of aromatic carboxylic acids is 1. The predicted octanol–water partition coefficient (Wildman–Crippen LogP) is 2.47. The van der Waals surface area contributed by atoms with Gasteiger partial charge in [0.05, 0.1) is 6.04 Å². The number of carboxylic acids is 1. The Balaban J connectivity index is 1.74. The van der Waals surface area contributed by atoms with Crippen LogP contribution < -0.4 is 10.1 Å². The fourth-order valence-corrected chi connectivity index (χ4v) is 1.83. The first-order chi connectivity index (χ1) is 11.5. The molecule has 126 valence electrons. The fraction of sp³-hybridized carbons (Fsp3) is 0.235. The zero-order valence-electron chi connectivity index (χ0n) is 13.1. The normalized spacial score (nSPS) is 11.4. The summed E-state index contributed by atoms with van der Waals surface area (Å²) < 4.78 is 10.5. The number of hydrogen-bond donors (Lipinski definition) is 2. The number of carbonyl (C=O) groups is 2. The summed E-state index contributed by atoms with van der Waals surface area (Å²) in [6.07, 6.45) is -0.554. The van der Waals surface area contributed by atoms with Crippen LogP contribution in [0.3, 0.4) is 0 Å². The van der Waals surface area contributed by atoms with Gasteiger partial charge in [-0.2, -0.15) is 0 Å². The minimum atomic E-state index is -1.13. The van der Waals surface area contributed by atoms with E-state index in [1.54, 1.807) is 13.0 Å². The first-order valence-electron chi connectivity index (χ1n) is 7.35. The fourth-order valence-electron chi connectivity index (χ4n) is 1.83. The molecule has 0 aliphatic heterocycles. The van der Waals surface area contributed by atoms with Crippen molar-refractivity contribution < 1.29 is 24.2 Å². The van der Waals surface area contributed by atoms with Crippen molar-refractivity contribution in [3.05, 3.63) is 59.8 Å². The molecule has 0 radical (unpaired) electrons. The lowest BCUT2D eigenvalue weighted by atomic mass is 10.2. The van der Waals surface area contributed by atoms with Gasteiger partial charge in [-0.3, -0.25) is 0 Å². The van der Waals surface area contributed by atoms with Crippen molar-refractivity contribution in [2.45, 2.75) is 19.6 Å². The van der Waals surface area contributed by atoms with E-state index in [1.807, 2.05) is 30.3 Å². The summed E-state index contributed by atoms with van der Waals surface area (Å²) in [5.74, 6) is -0.947. The molecular weight excluding hydrogens is 312 g/mol. The lowest BCUT2D eigenvalue weighted by molar-refractivity contribution is 0.0689. The van der Waals surface area contributed by atoms with Gasteiger partial charge >= 0.3 is 12.1 Å². The van der Waals surface area contributed by atoms with Gasteiger partial charge < -0.3 is 19.9 Å². The molecule has 2 aromatic rings. The van der Waals surface area contributed by atoms with Gasteiger partial charge in [-0.25, -0.2) is 14.6 Å². The second kappa shape index (κ2) is 8.52. The molecule has 7 nitrogen and oxygen atoms in total. The van der Waals surface area contributed by atoms with Crippen LogP contribution in [0.2, 0.25) is 0 Å². The Morgan fingerprint density at radius 2 is 1.92 bits per heavy atom. The molecule has 2 rings (SSSR count). The second-order valence-electron chi connectivity index (χ2n) is 5.08. The number of nitrogens with one attached hydrogen (secondary N) is 1. The minimum Gasteiger partial charge on any atom is -0.477 e. The SMILES string of the molecule is C[C@H](COc1cccc(C(=O)O)n1)NC(=O)OCc1ccccc1. The molecule has 0 saturated carbocycles. The topological polar surface area (TPSA) is 97.8 Å². The summed E-state index contributed by atoms with van der Waals surface area (Å²) in [6.45, 7) is 2.06. The molecule has 0 bridgehead atoms. The van der Waals surface area contributed by atoms with Gasteiger partial charge in [-0.05, 0) is 18.6 Å². The molecule has 1 aromatic heterocycles. The number of amides is 1. The molecule has 24 heavy (non-hydrogen) atoms. The van der Waals surface area contributed by atoms with E-state index in [4.69, 9.17) is 14.6 Å². The van der Waals surface area contributed by atoms with Crippen LogP contribution in [-0.4, -0.2) is 34.8 Å². The van der Waals surface area contributed by atoms with Crippen LogP contribution in [0, 0.1) is 0 Å². The van der Waals surface area contributed by atoms with Crippen molar-refractivity contribution in [1.29, 1.82) is 0 Å². The molecule has 1 amide bonds. The van der Waals surface area contributed by atoms with Crippen molar-refractivity contribution in [2.75, 3.05) is 6.61 Å². The van der Waals surface area contributed by atoms with Gasteiger partial charge in [-0.15, -0.1) is 0 Å². The van der Waals surface area contributed by atoms with E-state index in [9.17, 15) is 9.59 Å². The maximum absolute atomic E-state index is 11.7. The molecule has 0 aliphatic carbocycles. The maximum atomic E-state index is 11.7. The van der Waals surface area contributed by atoms with Crippen molar-refractivity contribution in [1.82, 2.24) is 10.3 Å². The van der Waals surface area contributed by atoms with Crippen molar-refractivity contribution in [3.8, 4) is 5.88 Å². The van der Waals surface area contributed by atoms with Gasteiger partial charge in [0.2, 0.25) is 5.88 Å². The van der Waals surface area contributed by atoms with Crippen LogP contribution in [0.15, 0.2) is 48.5 Å². The van der Waals surface area contributed by atoms with E-state index in [2.05, 4.69) is 10.3 Å². The number of aromatic nitrogens is 1. The Morgan fingerprint density at radius 1 is 1.17 bits per heavy atom. The average Bonchev–Trinajstić information content (AvgIpc) is 2.59. The van der Waals surface area contributed by atoms with Crippen LogP contribution in [0.5, 0.6) is 5.88 Å². The quantitative estimate of drug-likeness (QED) is 0.809. The Labute approximate surface area is 139 Å². The molecule has 0 aliphatic rings. The van der Waals surface area contributed by atoms with E-state index in [-0.39, 0.29) is 30.8 Å². The lowest BCUT2D eigenvalue weighted by Crippen LogP contribution is -2.37. The number of benzene rings is 1. The predicted molar refractivity (Wildman–Crippen MR) is 85.9 cm³/mol. The zero-order chi connectivity index (χ0) is 17.4. The minimum absolute atomic E-state index is 0.101. The summed E-state index contributed by atoms with van der Waals surface area (Å²) >= 11 is 0. The molecular formula is C17H18N2O5. The average molecular weight is 330 g/mol. The molecule has 1 atom stereocenters. The largest absolute Gasteiger partial charge is 0.477 e.